The van der Waals surface area contributed by atoms with E-state index in [0.717, 1.165) is 51.4 Å². The van der Waals surface area contributed by atoms with Crippen molar-refractivity contribution < 1.29 is 38.9 Å². The largest absolute Gasteiger partial charge is 0.465 e. The van der Waals surface area contributed by atoms with E-state index in [1.165, 1.54) is 0 Å². The molecule has 8 heteroatoms. The summed E-state index contributed by atoms with van der Waals surface area (Å²) in [6.07, 6.45) is 9.03. The van der Waals surface area contributed by atoms with Crippen LogP contribution in [0.4, 0.5) is 0 Å². The van der Waals surface area contributed by atoms with Gasteiger partial charge in [-0.15, -0.1) is 0 Å². The molecular weight excluding hydrogens is 416 g/mol. The van der Waals surface area contributed by atoms with Gasteiger partial charge < -0.3 is 19.7 Å². The van der Waals surface area contributed by atoms with Crippen LogP contribution < -0.4 is 0 Å². The Labute approximate surface area is 191 Å². The van der Waals surface area contributed by atoms with Gasteiger partial charge in [0.2, 0.25) is 0 Å². The molecule has 2 fully saturated rings. The molecule has 32 heavy (non-hydrogen) atoms. The molecule has 2 rings (SSSR count). The lowest BCUT2D eigenvalue weighted by molar-refractivity contribution is -0.146. The fourth-order valence-electron chi connectivity index (χ4n) is 4.00. The number of unbranched alkanes of at least 4 members (excludes halogenated alkanes) is 6. The van der Waals surface area contributed by atoms with Gasteiger partial charge in [0.1, 0.15) is 23.4 Å². The van der Waals surface area contributed by atoms with Crippen molar-refractivity contribution in [1.82, 2.24) is 0 Å². The van der Waals surface area contributed by atoms with Crippen LogP contribution in [0.2, 0.25) is 0 Å². The van der Waals surface area contributed by atoms with Crippen LogP contribution in [0, 0.1) is 23.7 Å². The number of aliphatic hydroxyl groups is 2. The number of hydrogen-bond acceptors (Lipinski definition) is 8. The molecule has 0 spiro atoms. The second kappa shape index (κ2) is 15.9. The van der Waals surface area contributed by atoms with Gasteiger partial charge in [0, 0.05) is 24.7 Å². The maximum Gasteiger partial charge on any atom is 0.316 e. The summed E-state index contributed by atoms with van der Waals surface area (Å²) < 4.78 is 9.60. The van der Waals surface area contributed by atoms with Gasteiger partial charge in [0.25, 0.3) is 0 Å². The quantitative estimate of drug-likeness (QED) is 0.232. The first kappa shape index (κ1) is 28.2. The third-order valence-electron chi connectivity index (χ3n) is 6.05. The molecule has 0 aromatic carbocycles. The number of esters is 2. The molecule has 2 saturated heterocycles. The van der Waals surface area contributed by atoms with Crippen molar-refractivity contribution in [3.05, 3.63) is 0 Å². The van der Waals surface area contributed by atoms with Crippen LogP contribution in [0.25, 0.3) is 0 Å². The lowest BCUT2D eigenvalue weighted by Crippen LogP contribution is -2.27. The van der Waals surface area contributed by atoms with Crippen molar-refractivity contribution in [3.8, 4) is 0 Å². The average Bonchev–Trinajstić information content (AvgIpc) is 3.36. The smallest absolute Gasteiger partial charge is 0.316 e. The van der Waals surface area contributed by atoms with E-state index < -0.39 is 23.8 Å². The molecule has 2 N–H and O–H groups in total. The van der Waals surface area contributed by atoms with Crippen LogP contribution in [-0.4, -0.2) is 60.1 Å². The zero-order valence-electron chi connectivity index (χ0n) is 19.6. The van der Waals surface area contributed by atoms with E-state index >= 15 is 0 Å². The molecule has 184 valence electrons. The Balaban J connectivity index is 0.000000320. The monoisotopic (exact) mass is 456 g/mol. The summed E-state index contributed by atoms with van der Waals surface area (Å²) in [4.78, 5) is 46.2. The Morgan fingerprint density at radius 1 is 0.719 bits per heavy atom. The molecule has 4 atom stereocenters. The van der Waals surface area contributed by atoms with Gasteiger partial charge in [-0.25, -0.2) is 0 Å². The number of cyclic esters (lactones) is 2. The van der Waals surface area contributed by atoms with Gasteiger partial charge in [-0.2, -0.15) is 0 Å². The Morgan fingerprint density at radius 3 is 1.41 bits per heavy atom. The van der Waals surface area contributed by atoms with Crippen molar-refractivity contribution in [2.45, 2.75) is 78.1 Å². The standard InChI is InChI=1S/2C12H20O4/c2*1-2-3-4-5-6-10(14)11-9(7-13)8-16-12(11)15/h2*9,11,13H,2-8H2,1H3. The van der Waals surface area contributed by atoms with Crippen molar-refractivity contribution in [3.63, 3.8) is 0 Å². The Bertz CT molecular complexity index is 551. The summed E-state index contributed by atoms with van der Waals surface area (Å²) in [6.45, 7) is 4.27. The maximum atomic E-state index is 11.8. The Kier molecular flexibility index (Phi) is 14.0. The van der Waals surface area contributed by atoms with Crippen LogP contribution in [-0.2, 0) is 28.7 Å². The number of ketones is 2. The highest BCUT2D eigenvalue weighted by Gasteiger charge is 2.41. The minimum absolute atomic E-state index is 0.0716. The lowest BCUT2D eigenvalue weighted by atomic mass is 9.89. The topological polar surface area (TPSA) is 127 Å². The molecule has 0 aliphatic carbocycles. The van der Waals surface area contributed by atoms with Gasteiger partial charge in [-0.3, -0.25) is 19.2 Å². The normalized spacial score (nSPS) is 24.5. The first-order valence-electron chi connectivity index (χ1n) is 12.0. The van der Waals surface area contributed by atoms with Crippen molar-refractivity contribution >= 4 is 23.5 Å². The summed E-state index contributed by atoms with van der Waals surface area (Å²) >= 11 is 0. The average molecular weight is 457 g/mol. The van der Waals surface area contributed by atoms with Crippen LogP contribution in [0.1, 0.15) is 78.1 Å². The number of carbonyl (C=O) groups excluding carboxylic acids is 4. The first-order valence-corrected chi connectivity index (χ1v) is 12.0. The molecule has 0 aromatic heterocycles. The lowest BCUT2D eigenvalue weighted by Gasteiger charge is -2.10. The fourth-order valence-corrected chi connectivity index (χ4v) is 4.00. The second-order valence-corrected chi connectivity index (χ2v) is 8.65. The third kappa shape index (κ3) is 8.98. The zero-order valence-corrected chi connectivity index (χ0v) is 19.6. The predicted molar refractivity (Wildman–Crippen MR) is 118 cm³/mol. The second-order valence-electron chi connectivity index (χ2n) is 8.65. The van der Waals surface area contributed by atoms with Crippen molar-refractivity contribution in [2.75, 3.05) is 26.4 Å². The van der Waals surface area contributed by atoms with Gasteiger partial charge in [0.15, 0.2) is 0 Å². The van der Waals surface area contributed by atoms with Crippen LogP contribution in [0.5, 0.6) is 0 Å². The maximum absolute atomic E-state index is 11.8. The van der Waals surface area contributed by atoms with Gasteiger partial charge in [-0.1, -0.05) is 52.4 Å². The van der Waals surface area contributed by atoms with E-state index in [1.807, 2.05) is 0 Å². The fraction of sp³-hybridized carbons (Fsp3) is 0.833. The highest BCUT2D eigenvalue weighted by molar-refractivity contribution is 6.01. The van der Waals surface area contributed by atoms with E-state index in [-0.39, 0.29) is 49.8 Å². The van der Waals surface area contributed by atoms with Gasteiger partial charge in [-0.05, 0) is 12.8 Å². The molecule has 2 aliphatic rings. The Morgan fingerprint density at radius 2 is 1.09 bits per heavy atom. The summed E-state index contributed by atoms with van der Waals surface area (Å²) in [5, 5.41) is 18.1. The van der Waals surface area contributed by atoms with Crippen LogP contribution >= 0.6 is 0 Å². The molecule has 4 unspecified atom stereocenters. The molecule has 0 radical (unpaired) electrons. The minimum Gasteiger partial charge on any atom is -0.465 e. The highest BCUT2D eigenvalue weighted by atomic mass is 16.5. The summed E-state index contributed by atoms with van der Waals surface area (Å²) in [7, 11) is 0. The number of carbonyl (C=O) groups is 4. The third-order valence-corrected chi connectivity index (χ3v) is 6.05. The van der Waals surface area contributed by atoms with E-state index in [1.54, 1.807) is 0 Å². The first-order chi connectivity index (χ1) is 15.4. The SMILES string of the molecule is CCCCCCC(=O)C1C(=O)OCC1CO.CCCCCCC(=O)C1C(=O)OCC1CO. The summed E-state index contributed by atoms with van der Waals surface area (Å²) in [5.74, 6) is -3.15. The number of hydrogen-bond donors (Lipinski definition) is 2. The number of ether oxygens (including phenoxy) is 2. The molecule has 2 aliphatic heterocycles. The highest BCUT2D eigenvalue weighted by Crippen LogP contribution is 2.25. The number of Topliss-reactive ketones (excluding diaryl/α,β-unsaturated/α-hetero) is 2. The van der Waals surface area contributed by atoms with Gasteiger partial charge >= 0.3 is 11.9 Å². The van der Waals surface area contributed by atoms with E-state index in [2.05, 4.69) is 13.8 Å². The molecule has 0 bridgehead atoms. The zero-order chi connectivity index (χ0) is 23.9. The van der Waals surface area contributed by atoms with E-state index in [9.17, 15) is 19.2 Å². The summed E-state index contributed by atoms with van der Waals surface area (Å²) in [5.41, 5.74) is 0. The van der Waals surface area contributed by atoms with E-state index in [0.29, 0.717) is 12.8 Å². The molecular formula is C24H40O8. The molecule has 0 amide bonds. The van der Waals surface area contributed by atoms with Crippen molar-refractivity contribution in [1.29, 1.82) is 0 Å². The molecule has 8 nitrogen and oxygen atoms in total. The predicted octanol–water partition coefficient (Wildman–Crippen LogP) is 2.61. The van der Waals surface area contributed by atoms with Gasteiger partial charge in [0.05, 0.1) is 26.4 Å². The summed E-state index contributed by atoms with van der Waals surface area (Å²) in [6, 6.07) is 0. The molecule has 0 saturated carbocycles. The van der Waals surface area contributed by atoms with Crippen LogP contribution in [0.15, 0.2) is 0 Å². The van der Waals surface area contributed by atoms with Crippen molar-refractivity contribution in [2.24, 2.45) is 23.7 Å². The van der Waals surface area contributed by atoms with E-state index in [4.69, 9.17) is 19.7 Å². The number of rotatable bonds is 14. The minimum atomic E-state index is -0.716. The molecule has 0 aromatic rings. The Hall–Kier alpha value is -1.80. The number of aliphatic hydroxyl groups excluding tert-OH is 2. The molecule has 2 heterocycles. The van der Waals surface area contributed by atoms with Crippen LogP contribution in [0.3, 0.4) is 0 Å².